The van der Waals surface area contributed by atoms with E-state index in [0.29, 0.717) is 12.3 Å². The predicted octanol–water partition coefficient (Wildman–Crippen LogP) is 1.59. The van der Waals surface area contributed by atoms with Crippen molar-refractivity contribution in [3.05, 3.63) is 24.2 Å². The van der Waals surface area contributed by atoms with E-state index in [1.165, 1.54) is 18.1 Å². The second-order valence-corrected chi connectivity index (χ2v) is 4.19. The van der Waals surface area contributed by atoms with Crippen LogP contribution in [0, 0.1) is 11.8 Å². The molecule has 94 valence electrons. The Morgan fingerprint density at radius 3 is 2.53 bits per heavy atom. The Balaban J connectivity index is 2.60. The van der Waals surface area contributed by atoms with E-state index in [2.05, 4.69) is 0 Å². The quantitative estimate of drug-likeness (QED) is 0.847. The second-order valence-electron chi connectivity index (χ2n) is 4.19. The Kier molecular flexibility index (Phi) is 4.31. The summed E-state index contributed by atoms with van der Waals surface area (Å²) in [6, 6.07) is 3.52. The third-order valence-electron chi connectivity index (χ3n) is 2.88. The molecule has 1 N–H and O–H groups in total. The van der Waals surface area contributed by atoms with Gasteiger partial charge in [0.25, 0.3) is 0 Å². The summed E-state index contributed by atoms with van der Waals surface area (Å²) in [4.78, 5) is 24.2. The van der Waals surface area contributed by atoms with Crippen molar-refractivity contribution in [2.75, 3.05) is 7.05 Å². The molecule has 2 unspecified atom stereocenters. The summed E-state index contributed by atoms with van der Waals surface area (Å²) in [6.07, 6.45) is 1.54. The van der Waals surface area contributed by atoms with E-state index in [1.807, 2.05) is 0 Å². The highest BCUT2D eigenvalue weighted by Gasteiger charge is 2.28. The van der Waals surface area contributed by atoms with Gasteiger partial charge in [0.05, 0.1) is 18.7 Å². The number of nitrogens with zero attached hydrogens (tertiary/aromatic N) is 1. The van der Waals surface area contributed by atoms with Crippen molar-refractivity contribution >= 4 is 11.9 Å². The minimum Gasteiger partial charge on any atom is -0.481 e. The van der Waals surface area contributed by atoms with E-state index in [0.717, 1.165) is 0 Å². The van der Waals surface area contributed by atoms with Crippen LogP contribution in [0.25, 0.3) is 0 Å². The van der Waals surface area contributed by atoms with Crippen LogP contribution < -0.4 is 0 Å². The van der Waals surface area contributed by atoms with Gasteiger partial charge in [0.1, 0.15) is 5.76 Å². The van der Waals surface area contributed by atoms with Gasteiger partial charge < -0.3 is 14.4 Å². The van der Waals surface area contributed by atoms with Gasteiger partial charge in [0.2, 0.25) is 5.91 Å². The van der Waals surface area contributed by atoms with Gasteiger partial charge in [-0.15, -0.1) is 0 Å². The number of carbonyl (C=O) groups excluding carboxylic acids is 1. The third-order valence-corrected chi connectivity index (χ3v) is 2.88. The number of hydrogen-bond donors (Lipinski definition) is 1. The first-order chi connectivity index (χ1) is 7.93. The molecule has 1 heterocycles. The average molecular weight is 239 g/mol. The Morgan fingerprint density at radius 1 is 1.41 bits per heavy atom. The highest BCUT2D eigenvalue weighted by molar-refractivity contribution is 5.84. The number of hydrogen-bond acceptors (Lipinski definition) is 3. The van der Waals surface area contributed by atoms with Crippen LogP contribution in [-0.4, -0.2) is 28.9 Å². The standard InChI is InChI=1S/C12H17NO4/c1-8(9(2)12(15)16)11(14)13(3)7-10-5-4-6-17-10/h4-6,8-9H,7H2,1-3H3,(H,15,16). The van der Waals surface area contributed by atoms with E-state index in [1.54, 1.807) is 26.1 Å². The average Bonchev–Trinajstić information content (AvgIpc) is 2.78. The number of aliphatic carboxylic acids is 1. The molecule has 0 aliphatic rings. The number of carboxylic acid groups (broad SMARTS) is 1. The largest absolute Gasteiger partial charge is 0.481 e. The number of carbonyl (C=O) groups is 2. The maximum absolute atomic E-state index is 11.9. The summed E-state index contributed by atoms with van der Waals surface area (Å²) < 4.78 is 5.13. The van der Waals surface area contributed by atoms with Crippen LogP contribution in [0.5, 0.6) is 0 Å². The summed E-state index contributed by atoms with van der Waals surface area (Å²) in [7, 11) is 1.63. The molecule has 0 aliphatic carbocycles. The molecule has 0 radical (unpaired) electrons. The number of rotatable bonds is 5. The maximum atomic E-state index is 11.9. The monoisotopic (exact) mass is 239 g/mol. The molecule has 1 rings (SSSR count). The van der Waals surface area contributed by atoms with Crippen LogP contribution in [0.3, 0.4) is 0 Å². The van der Waals surface area contributed by atoms with Gasteiger partial charge in [-0.25, -0.2) is 0 Å². The lowest BCUT2D eigenvalue weighted by Gasteiger charge is -2.22. The molecule has 17 heavy (non-hydrogen) atoms. The first kappa shape index (κ1) is 13.3. The maximum Gasteiger partial charge on any atom is 0.307 e. The minimum absolute atomic E-state index is 0.198. The summed E-state index contributed by atoms with van der Waals surface area (Å²) in [5, 5.41) is 8.85. The number of amides is 1. The van der Waals surface area contributed by atoms with Gasteiger partial charge >= 0.3 is 5.97 Å². The Bertz CT molecular complexity index is 385. The Labute approximate surface area is 100 Å². The molecular weight excluding hydrogens is 222 g/mol. The lowest BCUT2D eigenvalue weighted by atomic mass is 9.95. The first-order valence-electron chi connectivity index (χ1n) is 5.43. The topological polar surface area (TPSA) is 70.8 Å². The fourth-order valence-electron chi connectivity index (χ4n) is 1.49. The predicted molar refractivity (Wildman–Crippen MR) is 61.1 cm³/mol. The van der Waals surface area contributed by atoms with Crippen LogP contribution in [-0.2, 0) is 16.1 Å². The molecule has 0 aromatic carbocycles. The number of furan rings is 1. The van der Waals surface area contributed by atoms with E-state index in [9.17, 15) is 9.59 Å². The fourth-order valence-corrected chi connectivity index (χ4v) is 1.49. The molecule has 1 amide bonds. The zero-order valence-corrected chi connectivity index (χ0v) is 10.2. The second kappa shape index (κ2) is 5.52. The summed E-state index contributed by atoms with van der Waals surface area (Å²) >= 11 is 0. The molecule has 5 heteroatoms. The summed E-state index contributed by atoms with van der Waals surface area (Å²) in [5.41, 5.74) is 0. The molecule has 1 aromatic heterocycles. The normalized spacial score (nSPS) is 14.1. The first-order valence-corrected chi connectivity index (χ1v) is 5.43. The van der Waals surface area contributed by atoms with Crippen LogP contribution in [0.4, 0.5) is 0 Å². The van der Waals surface area contributed by atoms with Gasteiger partial charge in [-0.05, 0) is 12.1 Å². The van der Waals surface area contributed by atoms with Gasteiger partial charge in [0.15, 0.2) is 0 Å². The van der Waals surface area contributed by atoms with Crippen molar-refractivity contribution in [3.63, 3.8) is 0 Å². The van der Waals surface area contributed by atoms with Crippen LogP contribution >= 0.6 is 0 Å². The smallest absolute Gasteiger partial charge is 0.307 e. The lowest BCUT2D eigenvalue weighted by molar-refractivity contribution is -0.148. The summed E-state index contributed by atoms with van der Waals surface area (Å²) in [5.74, 6) is -1.72. The zero-order valence-electron chi connectivity index (χ0n) is 10.2. The van der Waals surface area contributed by atoms with Gasteiger partial charge in [-0.1, -0.05) is 13.8 Å². The van der Waals surface area contributed by atoms with Crippen molar-refractivity contribution in [1.82, 2.24) is 4.90 Å². The van der Waals surface area contributed by atoms with Gasteiger partial charge in [-0.2, -0.15) is 0 Å². The van der Waals surface area contributed by atoms with Crippen LogP contribution in [0.2, 0.25) is 0 Å². The van der Waals surface area contributed by atoms with Crippen molar-refractivity contribution < 1.29 is 19.1 Å². The van der Waals surface area contributed by atoms with Crippen molar-refractivity contribution in [1.29, 1.82) is 0 Å². The van der Waals surface area contributed by atoms with Crippen molar-refractivity contribution in [3.8, 4) is 0 Å². The summed E-state index contributed by atoms with van der Waals surface area (Å²) in [6.45, 7) is 3.51. The Hall–Kier alpha value is -1.78. The van der Waals surface area contributed by atoms with E-state index in [-0.39, 0.29) is 5.91 Å². The van der Waals surface area contributed by atoms with E-state index in [4.69, 9.17) is 9.52 Å². The molecular formula is C12H17NO4. The molecule has 0 spiro atoms. The molecule has 5 nitrogen and oxygen atoms in total. The molecule has 0 aliphatic heterocycles. The number of carboxylic acids is 1. The van der Waals surface area contributed by atoms with Gasteiger partial charge in [0, 0.05) is 13.0 Å². The molecule has 0 fully saturated rings. The molecule has 0 saturated carbocycles. The van der Waals surface area contributed by atoms with Crippen LogP contribution in [0.15, 0.2) is 22.8 Å². The molecule has 2 atom stereocenters. The van der Waals surface area contributed by atoms with E-state index < -0.39 is 17.8 Å². The highest BCUT2D eigenvalue weighted by Crippen LogP contribution is 2.15. The van der Waals surface area contributed by atoms with Gasteiger partial charge in [-0.3, -0.25) is 9.59 Å². The fraction of sp³-hybridized carbons (Fsp3) is 0.500. The highest BCUT2D eigenvalue weighted by atomic mass is 16.4. The molecule has 0 bridgehead atoms. The van der Waals surface area contributed by atoms with Crippen molar-refractivity contribution in [2.45, 2.75) is 20.4 Å². The zero-order chi connectivity index (χ0) is 13.0. The van der Waals surface area contributed by atoms with E-state index >= 15 is 0 Å². The van der Waals surface area contributed by atoms with Crippen molar-refractivity contribution in [2.24, 2.45) is 11.8 Å². The molecule has 1 aromatic rings. The van der Waals surface area contributed by atoms with Crippen LogP contribution in [0.1, 0.15) is 19.6 Å². The SMILES string of the molecule is CC(C(=O)O)C(C)C(=O)N(C)Cc1ccco1. The Morgan fingerprint density at radius 2 is 2.06 bits per heavy atom. The molecule has 0 saturated heterocycles. The minimum atomic E-state index is -0.961. The lowest BCUT2D eigenvalue weighted by Crippen LogP contribution is -2.36. The third kappa shape index (κ3) is 3.34.